The van der Waals surface area contributed by atoms with E-state index in [0.717, 1.165) is 19.3 Å². The van der Waals surface area contributed by atoms with Crippen molar-refractivity contribution in [1.82, 2.24) is 0 Å². The highest BCUT2D eigenvalue weighted by molar-refractivity contribution is 6.30. The lowest BCUT2D eigenvalue weighted by Crippen LogP contribution is -2.41. The molecule has 0 saturated heterocycles. The Hall–Kier alpha value is 0.580. The molecule has 2 bridgehead atoms. The summed E-state index contributed by atoms with van der Waals surface area (Å²) in [7, 11) is 0. The van der Waals surface area contributed by atoms with Gasteiger partial charge in [0.15, 0.2) is 0 Å². The third-order valence-electron chi connectivity index (χ3n) is 3.32. The highest BCUT2D eigenvalue weighted by Gasteiger charge is 2.68. The van der Waals surface area contributed by atoms with Crippen LogP contribution < -0.4 is 0 Å². The SMILES string of the molecule is CC12CC(Cl)(C1)C[C@@]2(C)Cl. The van der Waals surface area contributed by atoms with Crippen LogP contribution in [0.5, 0.6) is 0 Å². The predicted molar refractivity (Wildman–Crippen MR) is 44.8 cm³/mol. The van der Waals surface area contributed by atoms with Gasteiger partial charge in [0, 0.05) is 9.75 Å². The van der Waals surface area contributed by atoms with E-state index in [2.05, 4.69) is 13.8 Å². The second-order valence-electron chi connectivity index (χ2n) is 4.44. The Kier molecular flexibility index (Phi) is 1.10. The number of rotatable bonds is 0. The topological polar surface area (TPSA) is 0 Å². The molecule has 0 aromatic rings. The Labute approximate surface area is 71.9 Å². The highest BCUT2D eigenvalue weighted by atomic mass is 35.5. The van der Waals surface area contributed by atoms with Gasteiger partial charge >= 0.3 is 0 Å². The van der Waals surface area contributed by atoms with Crippen molar-refractivity contribution in [2.75, 3.05) is 0 Å². The molecule has 0 amide bonds. The lowest BCUT2D eigenvalue weighted by Gasteiger charge is -2.44. The van der Waals surface area contributed by atoms with Crippen LogP contribution in [0.4, 0.5) is 0 Å². The fraction of sp³-hybridized carbons (Fsp3) is 1.00. The third kappa shape index (κ3) is 0.648. The van der Waals surface area contributed by atoms with E-state index in [1.54, 1.807) is 0 Å². The quantitative estimate of drug-likeness (QED) is 0.501. The van der Waals surface area contributed by atoms with Crippen LogP contribution in [0.25, 0.3) is 0 Å². The molecule has 3 saturated carbocycles. The molecule has 3 rings (SSSR count). The molecule has 0 nitrogen and oxygen atoms in total. The van der Waals surface area contributed by atoms with Crippen molar-refractivity contribution >= 4 is 23.2 Å². The minimum absolute atomic E-state index is 0.0330. The standard InChI is InChI=1S/C8H12Cl2/c1-6-3-8(10,4-6)5-7(6,2)9/h3-5H2,1-2H3/t6?,7-,8?/m1/s1. The minimum Gasteiger partial charge on any atom is -0.119 e. The third-order valence-corrected chi connectivity index (χ3v) is 4.31. The zero-order chi connectivity index (χ0) is 7.62. The first-order valence-corrected chi connectivity index (χ1v) is 4.51. The molecular weight excluding hydrogens is 167 g/mol. The molecule has 3 aliphatic rings. The fourth-order valence-corrected chi connectivity index (χ4v) is 3.96. The molecule has 10 heavy (non-hydrogen) atoms. The largest absolute Gasteiger partial charge is 0.119 e. The second kappa shape index (κ2) is 1.51. The Morgan fingerprint density at radius 1 is 1.00 bits per heavy atom. The van der Waals surface area contributed by atoms with Crippen LogP contribution in [-0.2, 0) is 0 Å². The predicted octanol–water partition coefficient (Wildman–Crippen LogP) is 3.17. The Balaban J connectivity index is 2.33. The summed E-state index contributed by atoms with van der Waals surface area (Å²) in [5.74, 6) is 0. The number of fused-ring (bicyclic) bond motifs is 1. The monoisotopic (exact) mass is 178 g/mol. The van der Waals surface area contributed by atoms with Crippen LogP contribution in [0.1, 0.15) is 33.1 Å². The van der Waals surface area contributed by atoms with Gasteiger partial charge in [0.05, 0.1) is 0 Å². The molecule has 0 radical (unpaired) electrons. The first-order chi connectivity index (χ1) is 4.37. The van der Waals surface area contributed by atoms with Gasteiger partial charge in [0.25, 0.3) is 0 Å². The van der Waals surface area contributed by atoms with E-state index in [0.29, 0.717) is 5.41 Å². The van der Waals surface area contributed by atoms with Crippen LogP contribution >= 0.6 is 23.2 Å². The smallest absolute Gasteiger partial charge is 0.0490 e. The number of hydrogen-bond acceptors (Lipinski definition) is 0. The number of halogens is 2. The normalized spacial score (nSPS) is 66.0. The lowest BCUT2D eigenvalue weighted by atomic mass is 9.68. The number of hydrogen-bond donors (Lipinski definition) is 0. The van der Waals surface area contributed by atoms with E-state index in [4.69, 9.17) is 23.2 Å². The summed E-state index contributed by atoms with van der Waals surface area (Å²) >= 11 is 12.5. The van der Waals surface area contributed by atoms with E-state index in [9.17, 15) is 0 Å². The fourth-order valence-electron chi connectivity index (χ4n) is 2.65. The minimum atomic E-state index is -0.0330. The van der Waals surface area contributed by atoms with Crippen molar-refractivity contribution in [3.05, 3.63) is 0 Å². The van der Waals surface area contributed by atoms with E-state index < -0.39 is 0 Å². The van der Waals surface area contributed by atoms with E-state index in [1.165, 1.54) is 0 Å². The summed E-state index contributed by atoms with van der Waals surface area (Å²) in [5.41, 5.74) is 0.330. The molecule has 0 aromatic carbocycles. The average molecular weight is 179 g/mol. The van der Waals surface area contributed by atoms with Gasteiger partial charge in [-0.25, -0.2) is 0 Å². The van der Waals surface area contributed by atoms with Gasteiger partial charge in [-0.3, -0.25) is 0 Å². The van der Waals surface area contributed by atoms with Crippen LogP contribution in [0, 0.1) is 5.41 Å². The van der Waals surface area contributed by atoms with Crippen LogP contribution in [0.15, 0.2) is 0 Å². The summed E-state index contributed by atoms with van der Waals surface area (Å²) in [5, 5.41) is 0. The molecule has 0 heterocycles. The molecule has 0 spiro atoms. The van der Waals surface area contributed by atoms with Gasteiger partial charge in [-0.05, 0) is 31.6 Å². The van der Waals surface area contributed by atoms with Crippen molar-refractivity contribution in [3.8, 4) is 0 Å². The van der Waals surface area contributed by atoms with Gasteiger partial charge in [-0.1, -0.05) is 6.92 Å². The van der Waals surface area contributed by atoms with Gasteiger partial charge < -0.3 is 0 Å². The molecule has 1 atom stereocenters. The van der Waals surface area contributed by atoms with Gasteiger partial charge in [0.1, 0.15) is 0 Å². The molecule has 58 valence electrons. The lowest BCUT2D eigenvalue weighted by molar-refractivity contribution is 0.165. The zero-order valence-corrected chi connectivity index (χ0v) is 7.89. The van der Waals surface area contributed by atoms with Gasteiger partial charge in [-0.2, -0.15) is 0 Å². The summed E-state index contributed by atoms with van der Waals surface area (Å²) in [4.78, 5) is 0.0417. The van der Waals surface area contributed by atoms with Crippen molar-refractivity contribution in [2.45, 2.75) is 42.9 Å². The van der Waals surface area contributed by atoms with E-state index in [1.807, 2.05) is 0 Å². The summed E-state index contributed by atoms with van der Waals surface area (Å²) in [6.45, 7) is 4.36. The molecule has 0 aliphatic heterocycles. The van der Waals surface area contributed by atoms with E-state index >= 15 is 0 Å². The number of alkyl halides is 2. The maximum absolute atomic E-state index is 6.31. The van der Waals surface area contributed by atoms with Crippen LogP contribution in [0.3, 0.4) is 0 Å². The molecule has 2 heteroatoms. The van der Waals surface area contributed by atoms with E-state index in [-0.39, 0.29) is 9.75 Å². The van der Waals surface area contributed by atoms with Crippen LogP contribution in [-0.4, -0.2) is 9.75 Å². The maximum atomic E-state index is 6.31. The average Bonchev–Trinajstić information content (AvgIpc) is 1.79. The Bertz CT molecular complexity index is 175. The maximum Gasteiger partial charge on any atom is 0.0490 e. The van der Waals surface area contributed by atoms with Crippen molar-refractivity contribution in [3.63, 3.8) is 0 Å². The van der Waals surface area contributed by atoms with Gasteiger partial charge in [0.2, 0.25) is 0 Å². The summed E-state index contributed by atoms with van der Waals surface area (Å²) < 4.78 is 0. The Morgan fingerprint density at radius 3 is 1.60 bits per heavy atom. The zero-order valence-electron chi connectivity index (χ0n) is 6.38. The molecule has 3 fully saturated rings. The highest BCUT2D eigenvalue weighted by Crippen LogP contribution is 2.71. The first kappa shape index (κ1) is 7.24. The van der Waals surface area contributed by atoms with Crippen molar-refractivity contribution in [2.24, 2.45) is 5.41 Å². The first-order valence-electron chi connectivity index (χ1n) is 3.75. The van der Waals surface area contributed by atoms with Gasteiger partial charge in [-0.15, -0.1) is 23.2 Å². The summed E-state index contributed by atoms with van der Waals surface area (Å²) in [6.07, 6.45) is 3.21. The van der Waals surface area contributed by atoms with Crippen LogP contribution in [0.2, 0.25) is 0 Å². The Morgan fingerprint density at radius 2 is 1.50 bits per heavy atom. The molecule has 3 aliphatic carbocycles. The molecule has 0 unspecified atom stereocenters. The van der Waals surface area contributed by atoms with Crippen molar-refractivity contribution in [1.29, 1.82) is 0 Å². The van der Waals surface area contributed by atoms with Crippen molar-refractivity contribution < 1.29 is 0 Å². The molecular formula is C8H12Cl2. The molecule has 0 N–H and O–H groups in total. The summed E-state index contributed by atoms with van der Waals surface area (Å²) in [6, 6.07) is 0. The second-order valence-corrected chi connectivity index (χ2v) is 6.08. The molecule has 0 aromatic heterocycles.